The summed E-state index contributed by atoms with van der Waals surface area (Å²) in [6, 6.07) is 5.45. The van der Waals surface area contributed by atoms with Crippen LogP contribution in [0, 0.1) is 0 Å². The smallest absolute Gasteiger partial charge is 0.170 e. The highest BCUT2D eigenvalue weighted by Crippen LogP contribution is 2.36. The van der Waals surface area contributed by atoms with Gasteiger partial charge in [-0.05, 0) is 31.5 Å². The van der Waals surface area contributed by atoms with Gasteiger partial charge in [0.15, 0.2) is 5.78 Å². The summed E-state index contributed by atoms with van der Waals surface area (Å²) in [6.07, 6.45) is 1.30. The molecular formula is C17H24N2O3. The van der Waals surface area contributed by atoms with Gasteiger partial charge in [0.25, 0.3) is 0 Å². The van der Waals surface area contributed by atoms with E-state index in [1.807, 2.05) is 19.1 Å². The molecule has 1 unspecified atom stereocenters. The minimum Gasteiger partial charge on any atom is -0.497 e. The SMILES string of the molecule is COc1ccc2c(c1)C(=O)CC(C)(CCN1CCNCC1)O2. The minimum absolute atomic E-state index is 0.142. The van der Waals surface area contributed by atoms with Crippen molar-refractivity contribution in [2.45, 2.75) is 25.4 Å². The van der Waals surface area contributed by atoms with Crippen molar-refractivity contribution in [2.75, 3.05) is 39.8 Å². The quantitative estimate of drug-likeness (QED) is 0.918. The third-order valence-corrected chi connectivity index (χ3v) is 4.54. The Hall–Kier alpha value is -1.59. The number of carbonyl (C=O) groups is 1. The Balaban J connectivity index is 1.68. The standard InChI is InChI=1S/C17H24N2O3/c1-17(5-8-19-9-6-18-7-10-19)12-15(20)14-11-13(21-2)3-4-16(14)22-17/h3-4,11,18H,5-10,12H2,1-2H3. The van der Waals surface area contributed by atoms with E-state index in [1.54, 1.807) is 13.2 Å². The van der Waals surface area contributed by atoms with E-state index in [1.165, 1.54) is 0 Å². The largest absolute Gasteiger partial charge is 0.497 e. The summed E-state index contributed by atoms with van der Waals surface area (Å²) in [5, 5.41) is 3.35. The zero-order chi connectivity index (χ0) is 15.6. The van der Waals surface area contributed by atoms with E-state index < -0.39 is 5.60 Å². The molecular weight excluding hydrogens is 280 g/mol. The number of ketones is 1. The van der Waals surface area contributed by atoms with Crippen LogP contribution in [0.1, 0.15) is 30.1 Å². The van der Waals surface area contributed by atoms with E-state index in [0.717, 1.165) is 39.1 Å². The summed E-state index contributed by atoms with van der Waals surface area (Å²) in [7, 11) is 1.60. The molecule has 0 amide bonds. The highest BCUT2D eigenvalue weighted by molar-refractivity contribution is 6.00. The van der Waals surface area contributed by atoms with E-state index in [2.05, 4.69) is 10.2 Å². The average molecular weight is 304 g/mol. The molecule has 0 radical (unpaired) electrons. The number of Topliss-reactive ketones (excluding diaryl/α,β-unsaturated/α-hetero) is 1. The summed E-state index contributed by atoms with van der Waals surface area (Å²) >= 11 is 0. The molecule has 1 atom stereocenters. The van der Waals surface area contributed by atoms with Crippen LogP contribution in [0.3, 0.4) is 0 Å². The molecule has 0 aromatic heterocycles. The summed E-state index contributed by atoms with van der Waals surface area (Å²) < 4.78 is 11.3. The van der Waals surface area contributed by atoms with E-state index in [4.69, 9.17) is 9.47 Å². The van der Waals surface area contributed by atoms with Crippen LogP contribution in [0.5, 0.6) is 11.5 Å². The molecule has 2 aliphatic heterocycles. The topological polar surface area (TPSA) is 50.8 Å². The van der Waals surface area contributed by atoms with Crippen molar-refractivity contribution in [3.63, 3.8) is 0 Å². The Morgan fingerprint density at radius 3 is 2.86 bits per heavy atom. The van der Waals surface area contributed by atoms with E-state index in [0.29, 0.717) is 23.5 Å². The summed E-state index contributed by atoms with van der Waals surface area (Å²) in [5.74, 6) is 1.52. The first-order chi connectivity index (χ1) is 10.6. The number of nitrogens with one attached hydrogen (secondary N) is 1. The van der Waals surface area contributed by atoms with Crippen LogP contribution in [0.15, 0.2) is 18.2 Å². The van der Waals surface area contributed by atoms with Crippen LogP contribution < -0.4 is 14.8 Å². The zero-order valence-corrected chi connectivity index (χ0v) is 13.4. The predicted molar refractivity (Wildman–Crippen MR) is 84.9 cm³/mol. The molecule has 1 N–H and O–H groups in total. The molecule has 5 nitrogen and oxygen atoms in total. The van der Waals surface area contributed by atoms with Gasteiger partial charge in [-0.2, -0.15) is 0 Å². The number of hydrogen-bond donors (Lipinski definition) is 1. The molecule has 0 bridgehead atoms. The number of hydrogen-bond acceptors (Lipinski definition) is 5. The predicted octanol–water partition coefficient (Wildman–Crippen LogP) is 1.71. The van der Waals surface area contributed by atoms with Crippen molar-refractivity contribution in [2.24, 2.45) is 0 Å². The van der Waals surface area contributed by atoms with Crippen molar-refractivity contribution in [1.29, 1.82) is 0 Å². The summed E-state index contributed by atoms with van der Waals surface area (Å²) in [5.41, 5.74) is 0.225. The molecule has 2 heterocycles. The lowest BCUT2D eigenvalue weighted by Gasteiger charge is -2.37. The molecule has 1 saturated heterocycles. The molecule has 5 heteroatoms. The van der Waals surface area contributed by atoms with Crippen LogP contribution in [0.4, 0.5) is 0 Å². The second-order valence-corrected chi connectivity index (χ2v) is 6.36. The third kappa shape index (κ3) is 3.25. The summed E-state index contributed by atoms with van der Waals surface area (Å²) in [6.45, 7) is 7.23. The maximum absolute atomic E-state index is 12.5. The fourth-order valence-corrected chi connectivity index (χ4v) is 3.15. The van der Waals surface area contributed by atoms with Gasteiger partial charge in [-0.15, -0.1) is 0 Å². The number of piperazine rings is 1. The number of fused-ring (bicyclic) bond motifs is 1. The van der Waals surface area contributed by atoms with Crippen LogP contribution in [-0.2, 0) is 0 Å². The zero-order valence-electron chi connectivity index (χ0n) is 13.4. The van der Waals surface area contributed by atoms with Crippen LogP contribution in [0.2, 0.25) is 0 Å². The molecule has 2 aliphatic rings. The first kappa shape index (κ1) is 15.3. The number of carbonyl (C=O) groups excluding carboxylic acids is 1. The lowest BCUT2D eigenvalue weighted by molar-refractivity contribution is 0.0386. The Morgan fingerprint density at radius 2 is 2.14 bits per heavy atom. The molecule has 0 saturated carbocycles. The monoisotopic (exact) mass is 304 g/mol. The van der Waals surface area contributed by atoms with Crippen molar-refractivity contribution < 1.29 is 14.3 Å². The van der Waals surface area contributed by atoms with Gasteiger partial charge in [0, 0.05) is 32.7 Å². The van der Waals surface area contributed by atoms with Gasteiger partial charge >= 0.3 is 0 Å². The second-order valence-electron chi connectivity index (χ2n) is 6.36. The molecule has 120 valence electrons. The molecule has 0 spiro atoms. The molecule has 3 rings (SSSR count). The van der Waals surface area contributed by atoms with Gasteiger partial charge in [0.05, 0.1) is 19.1 Å². The Bertz CT molecular complexity index is 555. The molecule has 1 aromatic rings. The Kier molecular flexibility index (Phi) is 4.36. The normalized spacial score (nSPS) is 25.5. The van der Waals surface area contributed by atoms with Gasteiger partial charge in [0.1, 0.15) is 17.1 Å². The molecule has 1 fully saturated rings. The molecule has 1 aromatic carbocycles. The number of ether oxygens (including phenoxy) is 2. The van der Waals surface area contributed by atoms with Gasteiger partial charge in [0.2, 0.25) is 0 Å². The lowest BCUT2D eigenvalue weighted by atomic mass is 9.88. The van der Waals surface area contributed by atoms with Gasteiger partial charge in [-0.1, -0.05) is 0 Å². The highest BCUT2D eigenvalue weighted by Gasteiger charge is 2.36. The van der Waals surface area contributed by atoms with E-state index in [-0.39, 0.29) is 5.78 Å². The van der Waals surface area contributed by atoms with Crippen LogP contribution in [0.25, 0.3) is 0 Å². The maximum atomic E-state index is 12.5. The van der Waals surface area contributed by atoms with Crippen molar-refractivity contribution in [1.82, 2.24) is 10.2 Å². The van der Waals surface area contributed by atoms with Crippen LogP contribution >= 0.6 is 0 Å². The number of nitrogens with zero attached hydrogens (tertiary/aromatic N) is 1. The van der Waals surface area contributed by atoms with Crippen molar-refractivity contribution >= 4 is 5.78 Å². The summed E-state index contributed by atoms with van der Waals surface area (Å²) in [4.78, 5) is 14.9. The number of methoxy groups -OCH3 is 1. The van der Waals surface area contributed by atoms with Crippen molar-refractivity contribution in [3.05, 3.63) is 23.8 Å². The first-order valence-electron chi connectivity index (χ1n) is 7.93. The average Bonchev–Trinajstić information content (AvgIpc) is 2.54. The lowest BCUT2D eigenvalue weighted by Crippen LogP contribution is -2.47. The minimum atomic E-state index is -0.413. The fourth-order valence-electron chi connectivity index (χ4n) is 3.15. The third-order valence-electron chi connectivity index (χ3n) is 4.54. The fraction of sp³-hybridized carbons (Fsp3) is 0.588. The first-order valence-corrected chi connectivity index (χ1v) is 7.93. The van der Waals surface area contributed by atoms with E-state index in [9.17, 15) is 4.79 Å². The van der Waals surface area contributed by atoms with Gasteiger partial charge in [-0.25, -0.2) is 0 Å². The van der Waals surface area contributed by atoms with Crippen LogP contribution in [-0.4, -0.2) is 56.1 Å². The van der Waals surface area contributed by atoms with Crippen molar-refractivity contribution in [3.8, 4) is 11.5 Å². The maximum Gasteiger partial charge on any atom is 0.170 e. The number of benzene rings is 1. The highest BCUT2D eigenvalue weighted by atomic mass is 16.5. The van der Waals surface area contributed by atoms with E-state index >= 15 is 0 Å². The Labute approximate surface area is 131 Å². The molecule has 0 aliphatic carbocycles. The second kappa shape index (κ2) is 6.26. The van der Waals surface area contributed by atoms with Gasteiger partial charge < -0.3 is 19.7 Å². The Morgan fingerprint density at radius 1 is 1.36 bits per heavy atom. The van der Waals surface area contributed by atoms with Gasteiger partial charge in [-0.3, -0.25) is 4.79 Å². The number of rotatable bonds is 4. The molecule has 22 heavy (non-hydrogen) atoms.